The molecule has 74 valence electrons. The van der Waals surface area contributed by atoms with E-state index >= 15 is 0 Å². The second-order valence-corrected chi connectivity index (χ2v) is 3.15. The molecule has 3 nitrogen and oxygen atoms in total. The van der Waals surface area contributed by atoms with Crippen LogP contribution < -0.4 is 0 Å². The minimum Gasteiger partial charge on any atom is -0.457 e. The van der Waals surface area contributed by atoms with E-state index in [1.807, 2.05) is 0 Å². The van der Waals surface area contributed by atoms with Crippen molar-refractivity contribution in [2.75, 3.05) is 6.61 Å². The van der Waals surface area contributed by atoms with Crippen LogP contribution in [0.3, 0.4) is 0 Å². The Balaban J connectivity index is 2.61. The summed E-state index contributed by atoms with van der Waals surface area (Å²) in [7, 11) is 0. The standard InChI is InChI=1S/C10H9ClO3/c1-7(12)14-6-10(13)8-2-4-9(11)5-3-8/h2-5H,6H2,1H3. The Hall–Kier alpha value is -1.35. The van der Waals surface area contributed by atoms with Gasteiger partial charge in [0, 0.05) is 17.5 Å². The Morgan fingerprint density at radius 3 is 2.36 bits per heavy atom. The summed E-state index contributed by atoms with van der Waals surface area (Å²) in [6.45, 7) is 1.03. The molecule has 0 amide bonds. The third-order valence-electron chi connectivity index (χ3n) is 1.57. The molecule has 0 aliphatic carbocycles. The molecule has 1 aromatic carbocycles. The van der Waals surface area contributed by atoms with Crippen LogP contribution in [0.5, 0.6) is 0 Å². The predicted molar refractivity (Wildman–Crippen MR) is 52.4 cm³/mol. The Morgan fingerprint density at radius 1 is 1.29 bits per heavy atom. The first-order chi connectivity index (χ1) is 6.59. The second-order valence-electron chi connectivity index (χ2n) is 2.71. The van der Waals surface area contributed by atoms with Crippen LogP contribution in [0.1, 0.15) is 17.3 Å². The van der Waals surface area contributed by atoms with Gasteiger partial charge < -0.3 is 4.74 Å². The van der Waals surface area contributed by atoms with Crippen LogP contribution >= 0.6 is 11.6 Å². The molecule has 1 rings (SSSR count). The number of ketones is 1. The smallest absolute Gasteiger partial charge is 0.303 e. The second kappa shape index (κ2) is 4.77. The summed E-state index contributed by atoms with van der Waals surface area (Å²) in [5.74, 6) is -0.704. The maximum atomic E-state index is 11.3. The number of Topliss-reactive ketones (excluding diaryl/α,β-unsaturated/α-hetero) is 1. The lowest BCUT2D eigenvalue weighted by Crippen LogP contribution is -2.11. The summed E-state index contributed by atoms with van der Waals surface area (Å²) in [5.41, 5.74) is 0.482. The monoisotopic (exact) mass is 212 g/mol. The Kier molecular flexibility index (Phi) is 3.65. The van der Waals surface area contributed by atoms with Crippen molar-refractivity contribution in [3.8, 4) is 0 Å². The van der Waals surface area contributed by atoms with Crippen molar-refractivity contribution < 1.29 is 14.3 Å². The molecule has 0 heterocycles. The van der Waals surface area contributed by atoms with Crippen LogP contribution in [0.15, 0.2) is 24.3 Å². The number of carbonyl (C=O) groups excluding carboxylic acids is 2. The first-order valence-electron chi connectivity index (χ1n) is 4.01. The van der Waals surface area contributed by atoms with E-state index < -0.39 is 5.97 Å². The van der Waals surface area contributed by atoms with Crippen LogP contribution in [0.2, 0.25) is 5.02 Å². The van der Waals surface area contributed by atoms with Crippen molar-refractivity contribution in [1.29, 1.82) is 0 Å². The van der Waals surface area contributed by atoms with Gasteiger partial charge in [-0.3, -0.25) is 9.59 Å². The first kappa shape index (κ1) is 10.7. The van der Waals surface area contributed by atoms with E-state index in [9.17, 15) is 9.59 Å². The average molecular weight is 213 g/mol. The highest BCUT2D eigenvalue weighted by Gasteiger charge is 2.06. The summed E-state index contributed by atoms with van der Waals surface area (Å²) in [6.07, 6.45) is 0. The van der Waals surface area contributed by atoms with Gasteiger partial charge in [0.25, 0.3) is 0 Å². The topological polar surface area (TPSA) is 43.4 Å². The van der Waals surface area contributed by atoms with Crippen molar-refractivity contribution in [3.05, 3.63) is 34.9 Å². The zero-order valence-electron chi connectivity index (χ0n) is 7.62. The summed E-state index contributed by atoms with van der Waals surface area (Å²) in [5, 5.41) is 0.564. The average Bonchev–Trinajstić information content (AvgIpc) is 2.15. The predicted octanol–water partition coefficient (Wildman–Crippen LogP) is 2.09. The summed E-state index contributed by atoms with van der Waals surface area (Å²) < 4.78 is 4.57. The molecule has 0 saturated carbocycles. The molecule has 0 atom stereocenters. The van der Waals surface area contributed by atoms with Gasteiger partial charge in [-0.05, 0) is 24.3 Å². The third-order valence-corrected chi connectivity index (χ3v) is 1.82. The van der Waals surface area contributed by atoms with Crippen LogP contribution in [-0.2, 0) is 9.53 Å². The molecular weight excluding hydrogens is 204 g/mol. The van der Waals surface area contributed by atoms with Crippen LogP contribution in [0.4, 0.5) is 0 Å². The van der Waals surface area contributed by atoms with Gasteiger partial charge >= 0.3 is 5.97 Å². The van der Waals surface area contributed by atoms with Gasteiger partial charge in [0.2, 0.25) is 0 Å². The summed E-state index contributed by atoms with van der Waals surface area (Å²) >= 11 is 5.65. The van der Waals surface area contributed by atoms with Crippen LogP contribution in [0.25, 0.3) is 0 Å². The van der Waals surface area contributed by atoms with Gasteiger partial charge in [-0.15, -0.1) is 0 Å². The number of carbonyl (C=O) groups is 2. The highest BCUT2D eigenvalue weighted by atomic mass is 35.5. The minimum atomic E-state index is -0.465. The highest BCUT2D eigenvalue weighted by molar-refractivity contribution is 6.30. The summed E-state index contributed by atoms with van der Waals surface area (Å²) in [6, 6.07) is 6.41. The fraction of sp³-hybridized carbons (Fsp3) is 0.200. The maximum Gasteiger partial charge on any atom is 0.303 e. The number of hydrogen-bond acceptors (Lipinski definition) is 3. The lowest BCUT2D eigenvalue weighted by Gasteiger charge is -2.01. The normalized spacial score (nSPS) is 9.57. The number of rotatable bonds is 3. The third kappa shape index (κ3) is 3.18. The number of ether oxygens (including phenoxy) is 1. The molecule has 0 unspecified atom stereocenters. The lowest BCUT2D eigenvalue weighted by atomic mass is 10.1. The first-order valence-corrected chi connectivity index (χ1v) is 4.39. The number of benzene rings is 1. The molecule has 0 aromatic heterocycles. The van der Waals surface area contributed by atoms with Gasteiger partial charge in [-0.2, -0.15) is 0 Å². The summed E-state index contributed by atoms with van der Waals surface area (Å²) in [4.78, 5) is 21.8. The molecule has 0 spiro atoms. The van der Waals surface area contributed by atoms with E-state index in [2.05, 4.69) is 4.74 Å². The molecule has 14 heavy (non-hydrogen) atoms. The Bertz CT molecular complexity index is 343. The van der Waals surface area contributed by atoms with Crippen molar-refractivity contribution in [3.63, 3.8) is 0 Å². The molecule has 0 aliphatic heterocycles. The number of hydrogen-bond donors (Lipinski definition) is 0. The zero-order valence-corrected chi connectivity index (χ0v) is 8.38. The molecular formula is C10H9ClO3. The lowest BCUT2D eigenvalue weighted by molar-refractivity contribution is -0.139. The van der Waals surface area contributed by atoms with Crippen molar-refractivity contribution in [1.82, 2.24) is 0 Å². The quantitative estimate of drug-likeness (QED) is 0.569. The number of esters is 1. The van der Waals surface area contributed by atoms with Gasteiger partial charge in [0.05, 0.1) is 0 Å². The SMILES string of the molecule is CC(=O)OCC(=O)c1ccc(Cl)cc1. The molecule has 0 fully saturated rings. The Morgan fingerprint density at radius 2 is 1.86 bits per heavy atom. The molecule has 0 aliphatic rings. The Labute approximate surface area is 86.6 Å². The fourth-order valence-electron chi connectivity index (χ4n) is 0.886. The highest BCUT2D eigenvalue weighted by Crippen LogP contribution is 2.09. The van der Waals surface area contributed by atoms with E-state index in [4.69, 9.17) is 11.6 Å². The number of halogens is 1. The van der Waals surface area contributed by atoms with Crippen LogP contribution in [-0.4, -0.2) is 18.4 Å². The van der Waals surface area contributed by atoms with E-state index in [1.54, 1.807) is 24.3 Å². The maximum absolute atomic E-state index is 11.3. The van der Waals surface area contributed by atoms with Gasteiger partial charge in [0.1, 0.15) is 0 Å². The van der Waals surface area contributed by atoms with Gasteiger partial charge in [0.15, 0.2) is 12.4 Å². The van der Waals surface area contributed by atoms with Gasteiger partial charge in [-0.25, -0.2) is 0 Å². The van der Waals surface area contributed by atoms with E-state index in [0.29, 0.717) is 10.6 Å². The molecule has 0 N–H and O–H groups in total. The molecule has 1 aromatic rings. The largest absolute Gasteiger partial charge is 0.457 e. The van der Waals surface area contributed by atoms with Crippen molar-refractivity contribution in [2.24, 2.45) is 0 Å². The molecule has 0 radical (unpaired) electrons. The van der Waals surface area contributed by atoms with Crippen molar-refractivity contribution in [2.45, 2.75) is 6.92 Å². The van der Waals surface area contributed by atoms with Gasteiger partial charge in [-0.1, -0.05) is 11.6 Å². The molecule has 0 saturated heterocycles. The molecule has 0 bridgehead atoms. The van der Waals surface area contributed by atoms with Crippen LogP contribution in [0, 0.1) is 0 Å². The molecule has 4 heteroatoms. The van der Waals surface area contributed by atoms with E-state index in [0.717, 1.165) is 0 Å². The van der Waals surface area contributed by atoms with E-state index in [1.165, 1.54) is 6.92 Å². The zero-order chi connectivity index (χ0) is 10.6. The fourth-order valence-corrected chi connectivity index (χ4v) is 1.01. The van der Waals surface area contributed by atoms with Crippen molar-refractivity contribution >= 4 is 23.4 Å². The van der Waals surface area contributed by atoms with E-state index in [-0.39, 0.29) is 12.4 Å². The minimum absolute atomic E-state index is 0.225.